The molecule has 0 aromatic carbocycles. The quantitative estimate of drug-likeness (QED) is 0.557. The number of aliphatic hydroxyl groups is 1. The normalized spacial score (nSPS) is 32.2. The molecule has 115 valence electrons. The van der Waals surface area contributed by atoms with Gasteiger partial charge in [-0.1, -0.05) is 0 Å². The van der Waals surface area contributed by atoms with Crippen LogP contribution < -0.4 is 10.5 Å². The largest absolute Gasteiger partial charge is 0.390 e. The molecule has 1 radical (unpaired) electrons. The van der Waals surface area contributed by atoms with Crippen LogP contribution in [0, 0.1) is 6.42 Å². The van der Waals surface area contributed by atoms with Gasteiger partial charge in [0.25, 0.3) is 0 Å². The zero-order chi connectivity index (χ0) is 15.0. The molecule has 8 heteroatoms. The number of carbonyl (C=O) groups excluding carboxylic acids is 1. The minimum atomic E-state index is -3.33. The Kier molecular flexibility index (Phi) is 4.38. The van der Waals surface area contributed by atoms with Crippen LogP contribution in [-0.2, 0) is 14.8 Å². The Morgan fingerprint density at radius 1 is 1.65 bits per heavy atom. The first kappa shape index (κ1) is 15.7. The minimum Gasteiger partial charge on any atom is -0.390 e. The molecule has 2 fully saturated rings. The number of nitrogens with one attached hydrogen (secondary N) is 1. The van der Waals surface area contributed by atoms with Crippen molar-refractivity contribution in [3.05, 3.63) is 6.42 Å². The van der Waals surface area contributed by atoms with Crippen molar-refractivity contribution in [1.82, 2.24) is 9.62 Å². The van der Waals surface area contributed by atoms with E-state index in [2.05, 4.69) is 11.1 Å². The Morgan fingerprint density at radius 2 is 2.35 bits per heavy atom. The summed E-state index contributed by atoms with van der Waals surface area (Å²) in [4.78, 5) is 13.8. The second-order valence-corrected chi connectivity index (χ2v) is 7.58. The maximum Gasteiger partial charge on any atom is 0.237 e. The lowest BCUT2D eigenvalue weighted by atomic mass is 9.87. The lowest BCUT2D eigenvalue weighted by Crippen LogP contribution is -2.60. The number of rotatable bonds is 6. The molecule has 2 heterocycles. The van der Waals surface area contributed by atoms with Gasteiger partial charge in [0.05, 0.1) is 12.4 Å². The van der Waals surface area contributed by atoms with Crippen LogP contribution in [0.25, 0.3) is 0 Å². The van der Waals surface area contributed by atoms with Crippen LogP contribution in [0.3, 0.4) is 0 Å². The van der Waals surface area contributed by atoms with Gasteiger partial charge in [-0.25, -0.2) is 13.1 Å². The van der Waals surface area contributed by atoms with Gasteiger partial charge in [-0.3, -0.25) is 9.69 Å². The van der Waals surface area contributed by atoms with Crippen molar-refractivity contribution in [1.29, 1.82) is 0 Å². The fourth-order valence-electron chi connectivity index (χ4n) is 3.26. The van der Waals surface area contributed by atoms with E-state index < -0.39 is 21.7 Å². The molecule has 2 rings (SSSR count). The first-order chi connectivity index (χ1) is 9.24. The fourth-order valence-corrected chi connectivity index (χ4v) is 3.76. The number of carbonyl (C=O) groups is 1. The van der Waals surface area contributed by atoms with Gasteiger partial charge in [-0.15, -0.1) is 0 Å². The van der Waals surface area contributed by atoms with E-state index in [4.69, 9.17) is 5.73 Å². The minimum absolute atomic E-state index is 0.0550. The first-order valence-corrected chi connectivity index (χ1v) is 8.65. The smallest absolute Gasteiger partial charge is 0.237 e. The average molecular weight is 304 g/mol. The number of β-amino-alcohol motifs (C(OH)–C–C–N with tert-alkyl or cyclic N) is 1. The van der Waals surface area contributed by atoms with E-state index in [9.17, 15) is 18.3 Å². The maximum atomic E-state index is 11.8. The summed E-state index contributed by atoms with van der Waals surface area (Å²) < 4.78 is 24.3. The molecule has 0 spiro atoms. The molecular formula is C12H22N3O4S. The van der Waals surface area contributed by atoms with Crippen molar-refractivity contribution in [2.24, 2.45) is 5.73 Å². The van der Waals surface area contributed by atoms with Gasteiger partial charge < -0.3 is 10.8 Å². The zero-order valence-corrected chi connectivity index (χ0v) is 12.4. The molecule has 0 saturated carbocycles. The van der Waals surface area contributed by atoms with Crippen molar-refractivity contribution in [3.8, 4) is 0 Å². The van der Waals surface area contributed by atoms with Gasteiger partial charge in [0.1, 0.15) is 5.54 Å². The van der Waals surface area contributed by atoms with Crippen molar-refractivity contribution in [2.45, 2.75) is 43.4 Å². The van der Waals surface area contributed by atoms with E-state index in [0.717, 1.165) is 19.1 Å². The molecule has 1 unspecified atom stereocenters. The number of nitrogens with two attached hydrogens (primary N) is 1. The number of fused-ring (bicyclic) bond motifs is 2. The molecule has 3 atom stereocenters. The molecule has 2 aliphatic rings. The first-order valence-electron chi connectivity index (χ1n) is 6.75. The van der Waals surface area contributed by atoms with Crippen molar-refractivity contribution in [2.75, 3.05) is 19.3 Å². The van der Waals surface area contributed by atoms with Gasteiger partial charge >= 0.3 is 0 Å². The summed E-state index contributed by atoms with van der Waals surface area (Å²) in [6, 6.07) is 0.212. The molecule has 2 saturated heterocycles. The molecule has 4 N–H and O–H groups in total. The number of hydrogen-bond acceptors (Lipinski definition) is 5. The summed E-state index contributed by atoms with van der Waals surface area (Å²) in [7, 11) is -3.33. The SMILES string of the molecule is CS(=O)(=O)NC[C@H](O)CN1C2C[CH]C[C@@]1(C(N)=O)CC2. The third-order valence-corrected chi connectivity index (χ3v) is 4.94. The topological polar surface area (TPSA) is 113 Å². The predicted molar refractivity (Wildman–Crippen MR) is 74.0 cm³/mol. The van der Waals surface area contributed by atoms with Crippen LogP contribution in [0.15, 0.2) is 0 Å². The Morgan fingerprint density at radius 3 is 2.95 bits per heavy atom. The summed E-state index contributed by atoms with van der Waals surface area (Å²) in [5.74, 6) is -0.362. The van der Waals surface area contributed by atoms with Crippen molar-refractivity contribution < 1.29 is 18.3 Å². The molecule has 20 heavy (non-hydrogen) atoms. The Hall–Kier alpha value is -0.700. The highest BCUT2D eigenvalue weighted by Crippen LogP contribution is 2.43. The molecular weight excluding hydrogens is 282 g/mol. The monoisotopic (exact) mass is 304 g/mol. The second kappa shape index (κ2) is 5.59. The number of sulfonamides is 1. The van der Waals surface area contributed by atoms with Gasteiger partial charge in [-0.05, 0) is 32.1 Å². The van der Waals surface area contributed by atoms with Crippen LogP contribution in [0.1, 0.15) is 25.7 Å². The van der Waals surface area contributed by atoms with Crippen molar-refractivity contribution in [3.63, 3.8) is 0 Å². The van der Waals surface area contributed by atoms with Crippen molar-refractivity contribution >= 4 is 15.9 Å². The van der Waals surface area contributed by atoms with Crippen LogP contribution >= 0.6 is 0 Å². The van der Waals surface area contributed by atoms with E-state index in [-0.39, 0.29) is 25.0 Å². The number of amides is 1. The molecule has 0 aliphatic carbocycles. The third kappa shape index (κ3) is 3.13. The Balaban J connectivity index is 2.02. The number of primary amides is 1. The Bertz CT molecular complexity index is 477. The fraction of sp³-hybridized carbons (Fsp3) is 0.833. The molecule has 0 aromatic heterocycles. The highest BCUT2D eigenvalue weighted by Gasteiger charge is 2.52. The summed E-state index contributed by atoms with van der Waals surface area (Å²) in [5, 5.41) is 9.99. The molecule has 2 aliphatic heterocycles. The van der Waals surface area contributed by atoms with E-state index in [0.29, 0.717) is 12.8 Å². The van der Waals surface area contributed by atoms with E-state index in [1.807, 2.05) is 4.90 Å². The highest BCUT2D eigenvalue weighted by molar-refractivity contribution is 7.88. The Labute approximate surface area is 119 Å². The lowest BCUT2D eigenvalue weighted by Gasteiger charge is -2.43. The van der Waals surface area contributed by atoms with Gasteiger partial charge in [0, 0.05) is 19.1 Å². The van der Waals surface area contributed by atoms with Crippen LogP contribution in [0.2, 0.25) is 0 Å². The average Bonchev–Trinajstić information content (AvgIpc) is 2.56. The van der Waals surface area contributed by atoms with Crippen LogP contribution in [-0.4, -0.2) is 61.4 Å². The van der Waals surface area contributed by atoms with E-state index in [1.165, 1.54) is 0 Å². The molecule has 1 amide bonds. The summed E-state index contributed by atoms with van der Waals surface area (Å²) in [6.07, 6.45) is 5.33. The highest BCUT2D eigenvalue weighted by atomic mass is 32.2. The maximum absolute atomic E-state index is 11.8. The van der Waals surface area contributed by atoms with E-state index in [1.54, 1.807) is 0 Å². The number of piperidine rings is 1. The lowest BCUT2D eigenvalue weighted by molar-refractivity contribution is -0.131. The molecule has 7 nitrogen and oxygen atoms in total. The zero-order valence-electron chi connectivity index (χ0n) is 11.6. The van der Waals surface area contributed by atoms with Gasteiger partial charge in [0.2, 0.25) is 15.9 Å². The van der Waals surface area contributed by atoms with Gasteiger partial charge in [-0.2, -0.15) is 0 Å². The number of hydrogen-bond donors (Lipinski definition) is 3. The number of aliphatic hydroxyl groups excluding tert-OH is 1. The predicted octanol–water partition coefficient (Wildman–Crippen LogP) is -1.42. The van der Waals surface area contributed by atoms with Crippen LogP contribution in [0.4, 0.5) is 0 Å². The summed E-state index contributed by atoms with van der Waals surface area (Å²) >= 11 is 0. The summed E-state index contributed by atoms with van der Waals surface area (Å²) in [6.45, 7) is 0.199. The van der Waals surface area contributed by atoms with Crippen LogP contribution in [0.5, 0.6) is 0 Å². The second-order valence-electron chi connectivity index (χ2n) is 5.74. The number of nitrogens with zero attached hydrogens (tertiary/aromatic N) is 1. The summed E-state index contributed by atoms with van der Waals surface area (Å²) in [5.41, 5.74) is 4.86. The third-order valence-electron chi connectivity index (χ3n) is 4.25. The van der Waals surface area contributed by atoms with E-state index >= 15 is 0 Å². The molecule has 2 bridgehead atoms. The standard InChI is InChI=1S/C12H22N3O4S/c1-20(18,19)14-7-10(16)8-15-9-3-2-5-12(15,6-4-9)11(13)17/h2,9-10,14,16H,3-8H2,1H3,(H2,13,17)/t9?,10-,12-/m0/s1. The molecule has 0 aromatic rings. The van der Waals surface area contributed by atoms with Gasteiger partial charge in [0.15, 0.2) is 0 Å².